The van der Waals surface area contributed by atoms with Gasteiger partial charge in [0.15, 0.2) is 0 Å². The molecule has 8 heteroatoms. The van der Waals surface area contributed by atoms with Crippen LogP contribution in [0.25, 0.3) is 0 Å². The molecule has 0 amide bonds. The lowest BCUT2D eigenvalue weighted by Crippen LogP contribution is -1.97. The summed E-state index contributed by atoms with van der Waals surface area (Å²) in [6.07, 6.45) is 0. The van der Waals surface area contributed by atoms with Gasteiger partial charge >= 0.3 is 11.9 Å². The van der Waals surface area contributed by atoms with Crippen LogP contribution in [0.15, 0.2) is 55.1 Å². The molecule has 0 bridgehead atoms. The van der Waals surface area contributed by atoms with Crippen LogP contribution in [0.4, 0.5) is 0 Å². The number of hydrogen-bond acceptors (Lipinski definition) is 4. The number of hydrogen-bond donors (Lipinski definition) is 2. The highest BCUT2D eigenvalue weighted by atomic mass is 79.9. The summed E-state index contributed by atoms with van der Waals surface area (Å²) in [5.74, 6) is -2.01. The third-order valence-electron chi connectivity index (χ3n) is 2.57. The minimum atomic E-state index is -1.00. The van der Waals surface area contributed by atoms with Gasteiger partial charge in [-0.1, -0.05) is 21.6 Å². The van der Waals surface area contributed by atoms with Crippen LogP contribution in [0.3, 0.4) is 0 Å². The molecule has 0 heterocycles. The van der Waals surface area contributed by atoms with Crippen molar-refractivity contribution in [1.82, 2.24) is 0 Å². The number of carboxylic acid groups (broad SMARTS) is 2. The van der Waals surface area contributed by atoms with Gasteiger partial charge in [0.25, 0.3) is 0 Å². The van der Waals surface area contributed by atoms with Crippen molar-refractivity contribution in [3.63, 3.8) is 0 Å². The van der Waals surface area contributed by atoms with Crippen LogP contribution in [-0.2, 0) is 0 Å². The Labute approximate surface area is 151 Å². The van der Waals surface area contributed by atoms with E-state index in [9.17, 15) is 9.59 Å². The van der Waals surface area contributed by atoms with Crippen molar-refractivity contribution in [2.75, 3.05) is 0 Å². The van der Waals surface area contributed by atoms with Crippen LogP contribution in [0.5, 0.6) is 0 Å². The fourth-order valence-corrected chi connectivity index (χ4v) is 4.34. The van der Waals surface area contributed by atoms with E-state index in [1.807, 2.05) is 0 Å². The lowest BCUT2D eigenvalue weighted by atomic mass is 10.2. The Morgan fingerprint density at radius 3 is 1.45 bits per heavy atom. The van der Waals surface area contributed by atoms with Crippen LogP contribution in [0, 0.1) is 0 Å². The normalized spacial score (nSPS) is 10.5. The largest absolute Gasteiger partial charge is 0.478 e. The molecule has 0 radical (unpaired) electrons. The van der Waals surface area contributed by atoms with E-state index in [1.54, 1.807) is 36.4 Å². The highest BCUT2D eigenvalue weighted by Gasteiger charge is 2.12. The van der Waals surface area contributed by atoms with Gasteiger partial charge in [0, 0.05) is 18.7 Å². The number of halogens is 2. The van der Waals surface area contributed by atoms with Crippen molar-refractivity contribution in [2.24, 2.45) is 0 Å². The number of carbonyl (C=O) groups is 2. The third kappa shape index (κ3) is 4.28. The van der Waals surface area contributed by atoms with Crippen molar-refractivity contribution in [2.45, 2.75) is 9.79 Å². The van der Waals surface area contributed by atoms with Crippen LogP contribution < -0.4 is 0 Å². The van der Waals surface area contributed by atoms with Crippen molar-refractivity contribution in [3.05, 3.63) is 56.5 Å². The zero-order chi connectivity index (χ0) is 16.3. The molecule has 2 rings (SSSR count). The van der Waals surface area contributed by atoms with E-state index in [-0.39, 0.29) is 11.1 Å². The van der Waals surface area contributed by atoms with Gasteiger partial charge in [-0.05, 0) is 68.3 Å². The van der Waals surface area contributed by atoms with Crippen LogP contribution in [0.1, 0.15) is 20.7 Å². The zero-order valence-electron chi connectivity index (χ0n) is 10.7. The molecule has 0 aromatic heterocycles. The molecule has 4 nitrogen and oxygen atoms in total. The van der Waals surface area contributed by atoms with E-state index in [4.69, 9.17) is 10.2 Å². The van der Waals surface area contributed by atoms with Gasteiger partial charge in [-0.25, -0.2) is 9.59 Å². The summed E-state index contributed by atoms with van der Waals surface area (Å²) in [4.78, 5) is 23.7. The van der Waals surface area contributed by atoms with Crippen molar-refractivity contribution >= 4 is 65.4 Å². The molecule has 2 aromatic carbocycles. The Morgan fingerprint density at radius 2 is 1.14 bits per heavy atom. The van der Waals surface area contributed by atoms with Gasteiger partial charge in [0.1, 0.15) is 0 Å². The van der Waals surface area contributed by atoms with Gasteiger partial charge in [-0.15, -0.1) is 0 Å². The smallest absolute Gasteiger partial charge is 0.336 e. The molecule has 2 N–H and O–H groups in total. The summed E-state index contributed by atoms with van der Waals surface area (Å²) in [6, 6.07) is 10.1. The first-order chi connectivity index (χ1) is 10.4. The fourth-order valence-electron chi connectivity index (χ4n) is 1.54. The average Bonchev–Trinajstić information content (AvgIpc) is 2.47. The Morgan fingerprint density at radius 1 is 0.773 bits per heavy atom. The summed E-state index contributed by atoms with van der Waals surface area (Å²) < 4.78 is 1.04. The summed E-state index contributed by atoms with van der Waals surface area (Å²) in [5, 5.41) is 18.2. The Balaban J connectivity index is 2.17. The van der Waals surface area contributed by atoms with E-state index in [0.29, 0.717) is 8.95 Å². The van der Waals surface area contributed by atoms with Crippen molar-refractivity contribution < 1.29 is 19.8 Å². The molecule has 0 fully saturated rings. The minimum Gasteiger partial charge on any atom is -0.478 e. The highest BCUT2D eigenvalue weighted by Crippen LogP contribution is 2.39. The van der Waals surface area contributed by atoms with Gasteiger partial charge in [0.05, 0.1) is 11.1 Å². The van der Waals surface area contributed by atoms with E-state index < -0.39 is 11.9 Å². The molecule has 0 saturated heterocycles. The molecule has 0 unspecified atom stereocenters. The minimum absolute atomic E-state index is 0.188. The highest BCUT2D eigenvalue weighted by molar-refractivity contribution is 9.10. The molecule has 114 valence electrons. The van der Waals surface area contributed by atoms with Crippen molar-refractivity contribution in [3.8, 4) is 0 Å². The Bertz CT molecular complexity index is 686. The Hall–Kier alpha value is -0.960. The first-order valence-corrected chi connectivity index (χ1v) is 9.52. The predicted octanol–water partition coefficient (Wildman–Crippen LogP) is 5.41. The molecule has 0 aliphatic rings. The van der Waals surface area contributed by atoms with Crippen LogP contribution in [-0.4, -0.2) is 22.2 Å². The molecule has 0 atom stereocenters. The number of aromatic carboxylic acids is 2. The lowest BCUT2D eigenvalue weighted by molar-refractivity contribution is 0.0684. The first kappa shape index (κ1) is 17.4. The maximum absolute atomic E-state index is 11.1. The van der Waals surface area contributed by atoms with E-state index in [0.717, 1.165) is 9.79 Å². The molecule has 0 aliphatic heterocycles. The SMILES string of the molecule is O=C(O)c1cc(SSc2ccc(Br)c(C(=O)O)c2)ccc1Br. The molecule has 2 aromatic rings. The summed E-state index contributed by atoms with van der Waals surface area (Å²) >= 11 is 6.39. The van der Waals surface area contributed by atoms with Gasteiger partial charge in [0.2, 0.25) is 0 Å². The molecule has 22 heavy (non-hydrogen) atoms. The molecule has 0 spiro atoms. The first-order valence-electron chi connectivity index (χ1n) is 5.78. The van der Waals surface area contributed by atoms with E-state index >= 15 is 0 Å². The standard InChI is InChI=1S/C14H8Br2O4S2/c15-11-3-1-7(5-9(11)13(17)18)21-22-8-2-4-12(16)10(6-8)14(19)20/h1-6H,(H,17,18)(H,19,20). The van der Waals surface area contributed by atoms with Gasteiger partial charge in [-0.3, -0.25) is 0 Å². The zero-order valence-corrected chi connectivity index (χ0v) is 15.6. The van der Waals surface area contributed by atoms with Gasteiger partial charge < -0.3 is 10.2 Å². The monoisotopic (exact) mass is 462 g/mol. The summed E-state index contributed by atoms with van der Waals surface area (Å²) in [6.45, 7) is 0. The summed E-state index contributed by atoms with van der Waals surface area (Å²) in [7, 11) is 2.73. The molecular weight excluding hydrogens is 456 g/mol. The molecule has 0 aliphatic carbocycles. The number of carboxylic acids is 2. The second-order valence-electron chi connectivity index (χ2n) is 4.06. The van der Waals surface area contributed by atoms with Gasteiger partial charge in [-0.2, -0.15) is 0 Å². The second-order valence-corrected chi connectivity index (χ2v) is 8.05. The molecule has 0 saturated carbocycles. The fraction of sp³-hybridized carbons (Fsp3) is 0. The van der Waals surface area contributed by atoms with Crippen LogP contribution >= 0.6 is 53.4 Å². The summed E-state index contributed by atoms with van der Waals surface area (Å²) in [5.41, 5.74) is 0.375. The predicted molar refractivity (Wildman–Crippen MR) is 93.9 cm³/mol. The van der Waals surface area contributed by atoms with Crippen LogP contribution in [0.2, 0.25) is 0 Å². The second kappa shape index (κ2) is 7.54. The van der Waals surface area contributed by atoms with E-state index in [2.05, 4.69) is 31.9 Å². The Kier molecular flexibility index (Phi) is 5.96. The number of rotatable bonds is 5. The number of benzene rings is 2. The topological polar surface area (TPSA) is 74.6 Å². The van der Waals surface area contributed by atoms with Crippen molar-refractivity contribution in [1.29, 1.82) is 0 Å². The quantitative estimate of drug-likeness (QED) is 0.577. The third-order valence-corrected chi connectivity index (χ3v) is 6.33. The maximum Gasteiger partial charge on any atom is 0.336 e. The maximum atomic E-state index is 11.1. The average molecular weight is 464 g/mol. The molecular formula is C14H8Br2O4S2. The lowest BCUT2D eigenvalue weighted by Gasteiger charge is -2.06. The van der Waals surface area contributed by atoms with E-state index in [1.165, 1.54) is 21.6 Å².